The highest BCUT2D eigenvalue weighted by atomic mass is 16.6. The second kappa shape index (κ2) is 25.1. The molecule has 3 N–H and O–H groups in total. The molecule has 15 atom stereocenters. The Morgan fingerprint density at radius 2 is 1.57 bits per heavy atom. The van der Waals surface area contributed by atoms with Crippen LogP contribution < -0.4 is 0 Å². The van der Waals surface area contributed by atoms with E-state index < -0.39 is 83.9 Å². The van der Waals surface area contributed by atoms with E-state index in [2.05, 4.69) is 0 Å². The summed E-state index contributed by atoms with van der Waals surface area (Å²) in [5.41, 5.74) is 1.27. The van der Waals surface area contributed by atoms with Crippen molar-refractivity contribution in [2.45, 2.75) is 180 Å². The fourth-order valence-corrected chi connectivity index (χ4v) is 10.1. The Hall–Kier alpha value is -3.37. The number of hydrogen-bond donors (Lipinski definition) is 3. The van der Waals surface area contributed by atoms with Crippen LogP contribution in [0.15, 0.2) is 47.6 Å². The van der Waals surface area contributed by atoms with Crippen LogP contribution in [0.2, 0.25) is 0 Å². The fraction of sp³-hybridized carbons (Fsp3) is 0.745. The van der Waals surface area contributed by atoms with Crippen LogP contribution >= 0.6 is 0 Å². The van der Waals surface area contributed by atoms with Crippen molar-refractivity contribution < 1.29 is 63.0 Å². The number of allylic oxidation sites excluding steroid dienone is 6. The molecule has 10 unspecified atom stereocenters. The molecule has 2 saturated heterocycles. The molecule has 0 aromatic carbocycles. The molecule has 1 amide bonds. The minimum atomic E-state index is -2.43. The van der Waals surface area contributed by atoms with Gasteiger partial charge < -0.3 is 43.9 Å². The van der Waals surface area contributed by atoms with Gasteiger partial charge in [0.2, 0.25) is 5.79 Å². The number of Topliss-reactive ketones (excluding diaryl/α,β-unsaturated/α-hetero) is 3. The third kappa shape index (κ3) is 14.3. The summed E-state index contributed by atoms with van der Waals surface area (Å²) in [5.74, 6) is -7.96. The molecule has 366 valence electrons. The maximum atomic E-state index is 14.4. The molecule has 65 heavy (non-hydrogen) atoms. The number of piperidine rings is 1. The number of carbonyl (C=O) groups excluding carboxylic acids is 5. The molecule has 4 aliphatic rings. The smallest absolute Gasteiger partial charge is 0.329 e. The summed E-state index contributed by atoms with van der Waals surface area (Å²) in [6, 6.07) is -1.14. The van der Waals surface area contributed by atoms with Gasteiger partial charge >= 0.3 is 5.97 Å². The molecule has 0 radical (unpaired) electrons. The number of hydrogen-bond acceptors (Lipinski definition) is 13. The van der Waals surface area contributed by atoms with E-state index in [1.807, 2.05) is 58.1 Å². The molecule has 14 heteroatoms. The number of esters is 1. The molecule has 0 aromatic rings. The Morgan fingerprint density at radius 1 is 0.846 bits per heavy atom. The number of fused-ring (bicyclic) bond motifs is 3. The van der Waals surface area contributed by atoms with Crippen molar-refractivity contribution in [2.24, 2.45) is 35.5 Å². The fourth-order valence-electron chi connectivity index (χ4n) is 10.1. The van der Waals surface area contributed by atoms with Gasteiger partial charge in [-0.3, -0.25) is 19.2 Å². The summed E-state index contributed by atoms with van der Waals surface area (Å²) >= 11 is 0. The van der Waals surface area contributed by atoms with Crippen LogP contribution in [0.4, 0.5) is 0 Å². The molecule has 3 fully saturated rings. The number of cyclic esters (lactones) is 1. The lowest BCUT2D eigenvalue weighted by molar-refractivity contribution is -0.265. The second-order valence-corrected chi connectivity index (χ2v) is 19.6. The van der Waals surface area contributed by atoms with Gasteiger partial charge in [0.05, 0.1) is 24.4 Å². The van der Waals surface area contributed by atoms with Crippen molar-refractivity contribution in [3.8, 4) is 0 Å². The highest BCUT2D eigenvalue weighted by Crippen LogP contribution is 2.38. The zero-order chi connectivity index (χ0) is 48.2. The maximum absolute atomic E-state index is 14.4. The molecule has 0 spiro atoms. The van der Waals surface area contributed by atoms with Gasteiger partial charge in [-0.15, -0.1) is 0 Å². The Morgan fingerprint density at radius 3 is 2.25 bits per heavy atom. The number of aliphatic hydroxyl groups excluding tert-OH is 2. The lowest BCUT2D eigenvalue weighted by atomic mass is 9.78. The number of ketones is 3. The van der Waals surface area contributed by atoms with Crippen LogP contribution in [0.3, 0.4) is 0 Å². The Balaban J connectivity index is 1.70. The van der Waals surface area contributed by atoms with Crippen LogP contribution in [-0.4, -0.2) is 132 Å². The van der Waals surface area contributed by atoms with Crippen LogP contribution in [0.25, 0.3) is 0 Å². The topological polar surface area (TPSA) is 195 Å². The molecular formula is C51H79NO13. The molecule has 1 saturated carbocycles. The highest BCUT2D eigenvalue weighted by Gasteiger charge is 2.53. The number of carbonyl (C=O) groups is 5. The zero-order valence-electron chi connectivity index (χ0n) is 40.6. The van der Waals surface area contributed by atoms with E-state index in [1.54, 1.807) is 41.1 Å². The van der Waals surface area contributed by atoms with E-state index in [4.69, 9.17) is 23.7 Å². The van der Waals surface area contributed by atoms with Crippen LogP contribution in [0.5, 0.6) is 0 Å². The highest BCUT2D eigenvalue weighted by molar-refractivity contribution is 6.39. The second-order valence-electron chi connectivity index (χ2n) is 19.6. The third-order valence-electron chi connectivity index (χ3n) is 14.5. The van der Waals surface area contributed by atoms with Gasteiger partial charge in [-0.05, 0) is 107 Å². The molecule has 2 bridgehead atoms. The van der Waals surface area contributed by atoms with Crippen molar-refractivity contribution in [1.29, 1.82) is 0 Å². The minimum absolute atomic E-state index is 0.0193. The van der Waals surface area contributed by atoms with Crippen LogP contribution in [-0.2, 0) is 47.7 Å². The largest absolute Gasteiger partial charge is 0.460 e. The van der Waals surface area contributed by atoms with E-state index in [1.165, 1.54) is 12.0 Å². The standard InChI is InChI=1S/C51H79NO13/c1-30-16-12-11-13-17-31(2)42(61-8)28-38-21-19-36(7)51(60,65-38)48(57)49(58)52-23-15-14-18-39(52)50(59)64-43(33(4)26-37-20-22-40(53)44(27-37)62-9)29-41(54)32(3)25-35(6)46(56)47(63-10)45(55)34(5)24-30/h11-13,16-17,25,30,32-34,36-40,42-44,46-47,53,56,60H,14-15,18-24,26-29H2,1-10H3/b13-11+,16-12+,31-17+,35-25+/t30-,32?,33-,34?,36?,37?,38+,39?,40-,42+,43?,44?,46?,47?,51?/m1/s1. The molecule has 3 heterocycles. The van der Waals surface area contributed by atoms with E-state index >= 15 is 0 Å². The summed E-state index contributed by atoms with van der Waals surface area (Å²) in [5, 5.41) is 33.8. The van der Waals surface area contributed by atoms with E-state index in [0.717, 1.165) is 12.0 Å². The normalized spacial score (nSPS) is 40.4. The first-order chi connectivity index (χ1) is 30.7. The van der Waals surface area contributed by atoms with E-state index in [0.29, 0.717) is 63.4 Å². The first-order valence-electron chi connectivity index (χ1n) is 23.9. The molecule has 4 rings (SSSR count). The molecule has 1 aliphatic carbocycles. The monoisotopic (exact) mass is 914 g/mol. The van der Waals surface area contributed by atoms with Crippen LogP contribution in [0.1, 0.15) is 126 Å². The lowest BCUT2D eigenvalue weighted by Gasteiger charge is -2.42. The zero-order valence-corrected chi connectivity index (χ0v) is 40.6. The van der Waals surface area contributed by atoms with Gasteiger partial charge in [-0.1, -0.05) is 71.1 Å². The number of nitrogens with zero attached hydrogens (tertiary/aromatic N) is 1. The predicted octanol–water partition coefficient (Wildman–Crippen LogP) is 6.18. The summed E-state index contributed by atoms with van der Waals surface area (Å²) in [6.07, 6.45) is 11.2. The first kappa shape index (κ1) is 54.2. The van der Waals surface area contributed by atoms with Crippen molar-refractivity contribution >= 4 is 29.2 Å². The van der Waals surface area contributed by atoms with E-state index in [9.17, 15) is 39.3 Å². The molecular weight excluding hydrogens is 835 g/mol. The molecule has 0 aromatic heterocycles. The molecule has 3 aliphatic heterocycles. The Kier molecular flexibility index (Phi) is 21.0. The van der Waals surface area contributed by atoms with Crippen molar-refractivity contribution in [2.75, 3.05) is 27.9 Å². The van der Waals surface area contributed by atoms with Gasteiger partial charge in [0.15, 0.2) is 5.78 Å². The number of aliphatic hydroxyl groups is 3. The summed E-state index contributed by atoms with van der Waals surface area (Å²) in [7, 11) is 4.52. The summed E-state index contributed by atoms with van der Waals surface area (Å²) in [4.78, 5) is 71.8. The average Bonchev–Trinajstić information content (AvgIpc) is 3.28. The number of rotatable bonds is 6. The van der Waals surface area contributed by atoms with Gasteiger partial charge in [-0.2, -0.15) is 0 Å². The first-order valence-corrected chi connectivity index (χ1v) is 23.9. The Bertz CT molecular complexity index is 1760. The lowest BCUT2D eigenvalue weighted by Crippen LogP contribution is -2.61. The number of ether oxygens (including phenoxy) is 5. The Labute approximate surface area is 387 Å². The van der Waals surface area contributed by atoms with Gasteiger partial charge in [0, 0.05) is 58.5 Å². The number of amides is 1. The van der Waals surface area contributed by atoms with Crippen molar-refractivity contribution in [3.05, 3.63) is 47.6 Å². The van der Waals surface area contributed by atoms with Gasteiger partial charge in [0.1, 0.15) is 30.1 Å². The summed E-state index contributed by atoms with van der Waals surface area (Å²) in [6.45, 7) is 12.7. The molecule has 14 nitrogen and oxygen atoms in total. The summed E-state index contributed by atoms with van der Waals surface area (Å²) < 4.78 is 29.4. The third-order valence-corrected chi connectivity index (χ3v) is 14.5. The maximum Gasteiger partial charge on any atom is 0.329 e. The predicted molar refractivity (Wildman–Crippen MR) is 245 cm³/mol. The minimum Gasteiger partial charge on any atom is -0.460 e. The average molecular weight is 914 g/mol. The van der Waals surface area contributed by atoms with E-state index in [-0.39, 0.29) is 54.8 Å². The van der Waals surface area contributed by atoms with Crippen LogP contribution in [0, 0.1) is 35.5 Å². The van der Waals surface area contributed by atoms with Crippen molar-refractivity contribution in [3.63, 3.8) is 0 Å². The van der Waals surface area contributed by atoms with Gasteiger partial charge in [-0.25, -0.2) is 4.79 Å². The SMILES string of the molecule is COC1C(=O)C(C)C[C@H](C)/C=C/C=C/C=C(\C)[C@@H](OC)C[C@@H]2CCC(C)C(O)(O2)C(=O)C(=O)N2CCCCC2C(=O)OC([C@H](C)CC2CC[C@@H](O)C(OC)C2)CC(=O)C(C)/C=C(\C)C1O. The van der Waals surface area contributed by atoms with Gasteiger partial charge in [0.25, 0.3) is 11.7 Å². The van der Waals surface area contributed by atoms with Crippen molar-refractivity contribution in [1.82, 2.24) is 4.90 Å². The number of methoxy groups -OCH3 is 3. The quantitative estimate of drug-likeness (QED) is 0.156.